The molecule has 0 radical (unpaired) electrons. The van der Waals surface area contributed by atoms with E-state index >= 15 is 0 Å². The Labute approximate surface area is 45.9 Å². The maximum absolute atomic E-state index is 6.50. The molecule has 0 unspecified atom stereocenters. The van der Waals surface area contributed by atoms with Gasteiger partial charge in [-0.25, -0.2) is 10.5 Å². The molecule has 2 nitrogen and oxygen atoms in total. The molecule has 0 aromatic carbocycles. The van der Waals surface area contributed by atoms with Crippen LogP contribution >= 0.6 is 0 Å². The van der Waals surface area contributed by atoms with E-state index in [1.165, 1.54) is 0 Å². The topological polar surface area (TPSA) is 47.6 Å². The summed E-state index contributed by atoms with van der Waals surface area (Å²) < 4.78 is 0. The molecule has 0 aliphatic carbocycles. The molecule has 0 aromatic rings. The van der Waals surface area contributed by atoms with Crippen LogP contribution in [0, 0.1) is 23.7 Å². The van der Waals surface area contributed by atoms with Gasteiger partial charge in [0.1, 0.15) is 0 Å². The molecular formula is C2H2N2Ti. The minimum absolute atomic E-state index is 0. The molecule has 0 N–H and O–H groups in total. The average molecular weight is 102 g/mol. The molecule has 0 amide bonds. The van der Waals surface area contributed by atoms with Crippen molar-refractivity contribution in [3.8, 4) is 13.1 Å². The molecule has 0 fully saturated rings. The molecule has 0 spiro atoms. The van der Waals surface area contributed by atoms with Crippen LogP contribution in [0.2, 0.25) is 0 Å². The van der Waals surface area contributed by atoms with Crippen LogP contribution in [-0.2, 0) is 21.7 Å². The molecular weight excluding hydrogens is 99.9 g/mol. The van der Waals surface area contributed by atoms with Gasteiger partial charge in [0.2, 0.25) is 0 Å². The molecule has 24 valence electrons. The van der Waals surface area contributed by atoms with Crippen LogP contribution in [0.3, 0.4) is 0 Å². The van der Waals surface area contributed by atoms with Gasteiger partial charge >= 0.3 is 0 Å². The normalized spacial score (nSPS) is 0.800. The molecule has 0 aliphatic heterocycles. The first-order valence-corrected chi connectivity index (χ1v) is 0.516. The Hall–Kier alpha value is -0.306. The fourth-order valence-corrected chi connectivity index (χ4v) is 0. The van der Waals surface area contributed by atoms with Crippen molar-refractivity contribution in [1.82, 2.24) is 0 Å². The van der Waals surface area contributed by atoms with Gasteiger partial charge in [-0.15, -0.1) is 0 Å². The minimum Gasteiger partial charge on any atom is -0.202 e. The van der Waals surface area contributed by atoms with Crippen molar-refractivity contribution in [2.75, 3.05) is 0 Å². The summed E-state index contributed by atoms with van der Waals surface area (Å²) in [6.45, 7) is 7.00. The van der Waals surface area contributed by atoms with Crippen molar-refractivity contribution in [2.45, 2.75) is 0 Å². The summed E-state index contributed by atoms with van der Waals surface area (Å²) in [4.78, 5) is 0. The molecule has 0 aliphatic rings. The van der Waals surface area contributed by atoms with E-state index in [2.05, 4.69) is 13.1 Å². The second-order valence-corrected chi connectivity index (χ2v) is 0. The summed E-state index contributed by atoms with van der Waals surface area (Å²) in [5, 5.41) is 13.0. The maximum Gasteiger partial charge on any atom is 0.0462 e. The molecule has 5 heavy (non-hydrogen) atoms. The van der Waals surface area contributed by atoms with Crippen molar-refractivity contribution in [1.29, 1.82) is 10.5 Å². The maximum atomic E-state index is 6.50. The second kappa shape index (κ2) is 287. The summed E-state index contributed by atoms with van der Waals surface area (Å²) in [5.74, 6) is 0. The Balaban J connectivity index is -0.0000000133. The van der Waals surface area contributed by atoms with Crippen molar-refractivity contribution >= 4 is 0 Å². The third kappa shape index (κ3) is 113. The Kier molecular flexibility index (Phi) is 1280. The monoisotopic (exact) mass is 102 g/mol. The zero-order valence-electron chi connectivity index (χ0n) is 2.55. The first-order valence-electron chi connectivity index (χ1n) is 0.516. The van der Waals surface area contributed by atoms with Crippen molar-refractivity contribution in [2.24, 2.45) is 0 Å². The van der Waals surface area contributed by atoms with E-state index in [1.54, 1.807) is 0 Å². The number of rotatable bonds is 0. The quantitative estimate of drug-likeness (QED) is 0.412. The van der Waals surface area contributed by atoms with Crippen LogP contribution in [0.4, 0.5) is 0 Å². The van der Waals surface area contributed by atoms with Crippen molar-refractivity contribution < 1.29 is 21.7 Å². The SMILES string of the molecule is C#N.C#N.[Ti]. The molecule has 0 bridgehead atoms. The van der Waals surface area contributed by atoms with Gasteiger partial charge in [0.15, 0.2) is 0 Å². The first kappa shape index (κ1) is 22.3. The fourth-order valence-electron chi connectivity index (χ4n) is 0. The van der Waals surface area contributed by atoms with E-state index in [-0.39, 0.29) is 21.7 Å². The Bertz CT molecular complexity index is 23.1. The molecule has 0 saturated carbocycles. The summed E-state index contributed by atoms with van der Waals surface area (Å²) >= 11 is 0. The summed E-state index contributed by atoms with van der Waals surface area (Å²) in [5.41, 5.74) is 0. The van der Waals surface area contributed by atoms with Crippen LogP contribution in [0.15, 0.2) is 0 Å². The number of hydrogen-bond donors (Lipinski definition) is 0. The van der Waals surface area contributed by atoms with E-state index in [1.807, 2.05) is 0 Å². The average Bonchev–Trinajstić information content (AvgIpc) is 1.50. The van der Waals surface area contributed by atoms with E-state index < -0.39 is 0 Å². The summed E-state index contributed by atoms with van der Waals surface area (Å²) in [7, 11) is 0. The van der Waals surface area contributed by atoms with Crippen LogP contribution in [-0.4, -0.2) is 0 Å². The molecule has 3 heteroatoms. The van der Waals surface area contributed by atoms with Crippen molar-refractivity contribution in [3.05, 3.63) is 0 Å². The second-order valence-electron chi connectivity index (χ2n) is 0. The van der Waals surface area contributed by atoms with Gasteiger partial charge in [0, 0.05) is 34.9 Å². The summed E-state index contributed by atoms with van der Waals surface area (Å²) in [6, 6.07) is 0. The van der Waals surface area contributed by atoms with Crippen LogP contribution in [0.25, 0.3) is 0 Å². The van der Waals surface area contributed by atoms with Gasteiger partial charge in [-0.3, -0.25) is 0 Å². The Morgan fingerprint density at radius 1 is 0.800 bits per heavy atom. The Morgan fingerprint density at radius 3 is 0.800 bits per heavy atom. The van der Waals surface area contributed by atoms with Crippen LogP contribution in [0.5, 0.6) is 0 Å². The van der Waals surface area contributed by atoms with Gasteiger partial charge in [0.25, 0.3) is 0 Å². The third-order valence-electron chi connectivity index (χ3n) is 0. The minimum atomic E-state index is 0. The number of hydrogen-bond acceptors (Lipinski definition) is 2. The van der Waals surface area contributed by atoms with Crippen LogP contribution < -0.4 is 0 Å². The van der Waals surface area contributed by atoms with E-state index in [4.69, 9.17) is 10.5 Å². The van der Waals surface area contributed by atoms with E-state index in [0.29, 0.717) is 0 Å². The summed E-state index contributed by atoms with van der Waals surface area (Å²) in [6.07, 6.45) is 0. The van der Waals surface area contributed by atoms with Crippen molar-refractivity contribution in [3.63, 3.8) is 0 Å². The fraction of sp³-hybridized carbons (Fsp3) is 0. The molecule has 0 rings (SSSR count). The first-order chi connectivity index (χ1) is 2.00. The van der Waals surface area contributed by atoms with Gasteiger partial charge in [-0.05, 0) is 0 Å². The predicted molar refractivity (Wildman–Crippen MR) is 13.3 cm³/mol. The number of nitriles is 2. The zero-order valence-corrected chi connectivity index (χ0v) is 4.11. The van der Waals surface area contributed by atoms with Gasteiger partial charge < -0.3 is 0 Å². The zero-order chi connectivity index (χ0) is 4.00. The number of nitrogens with zero attached hydrogens (tertiary/aromatic N) is 2. The predicted octanol–water partition coefficient (Wildman–Crippen LogP) is 0.277. The smallest absolute Gasteiger partial charge is 0.0462 e. The molecule has 0 heterocycles. The van der Waals surface area contributed by atoms with E-state index in [9.17, 15) is 0 Å². The third-order valence-corrected chi connectivity index (χ3v) is 0. The molecule has 0 aromatic heterocycles. The van der Waals surface area contributed by atoms with Gasteiger partial charge in [-0.1, -0.05) is 0 Å². The largest absolute Gasteiger partial charge is 0.202 e. The van der Waals surface area contributed by atoms with E-state index in [0.717, 1.165) is 0 Å². The van der Waals surface area contributed by atoms with Gasteiger partial charge in [0.05, 0.1) is 0 Å². The standard InChI is InChI=1S/2CHN.Ti/c2*1-2;/h2*1H;. The van der Waals surface area contributed by atoms with Crippen LogP contribution in [0.1, 0.15) is 0 Å². The van der Waals surface area contributed by atoms with Gasteiger partial charge in [-0.2, -0.15) is 0 Å². The Morgan fingerprint density at radius 2 is 0.800 bits per heavy atom. The molecule has 0 atom stereocenters. The molecule has 0 saturated heterocycles.